The minimum absolute atomic E-state index is 0.0880. The number of hydrogen-bond acceptors (Lipinski definition) is 27. The molecule has 9 heterocycles. The summed E-state index contributed by atoms with van der Waals surface area (Å²) in [7, 11) is 0. The summed E-state index contributed by atoms with van der Waals surface area (Å²) in [6, 6.07) is 4.85. The van der Waals surface area contributed by atoms with Crippen molar-refractivity contribution >= 4 is 105 Å². The van der Waals surface area contributed by atoms with E-state index in [4.69, 9.17) is 42.9 Å². The average molecular weight is 1280 g/mol. The molecular weight excluding hydrogens is 1220 g/mol. The zero-order valence-corrected chi connectivity index (χ0v) is 46.2. The fourth-order valence-corrected chi connectivity index (χ4v) is 16.6. The molecule has 6 aromatic rings. The number of nitrogen functional groups attached to an aromatic ring is 3. The second-order valence-electron chi connectivity index (χ2n) is 17.8. The zero-order chi connectivity index (χ0) is 55.5. The van der Waals surface area contributed by atoms with Crippen LogP contribution >= 0.6 is 0 Å². The van der Waals surface area contributed by atoms with Gasteiger partial charge < -0.3 is 0 Å². The van der Waals surface area contributed by atoms with Crippen LogP contribution in [0.4, 0.5) is 17.1 Å². The Hall–Kier alpha value is -5.28. The fourth-order valence-electron chi connectivity index (χ4n) is 8.49. The second-order valence-corrected chi connectivity index (χ2v) is 28.0. The molecule has 30 nitrogen and oxygen atoms in total. The molecule has 77 heavy (non-hydrogen) atoms. The van der Waals surface area contributed by atoms with Gasteiger partial charge in [-0.2, -0.15) is 0 Å². The molecule has 0 bridgehead atoms. The first-order chi connectivity index (χ1) is 37.0. The number of ether oxygens (including phenoxy) is 5. The molecule has 0 aliphatic carbocycles. The van der Waals surface area contributed by atoms with Gasteiger partial charge in [0.25, 0.3) is 0 Å². The number of nitrogens with zero attached hydrogens (tertiary/aromatic N) is 9. The van der Waals surface area contributed by atoms with Crippen molar-refractivity contribution in [1.29, 1.82) is 0 Å². The van der Waals surface area contributed by atoms with E-state index in [9.17, 15) is 51.7 Å². The Bertz CT molecular complexity index is 2990. The summed E-state index contributed by atoms with van der Waals surface area (Å²) in [6.07, 6.45) is -2.56. The number of aromatic nitrogens is 9. The number of anilines is 3. The Balaban J connectivity index is 0.000000168. The molecule has 3 fully saturated rings. The van der Waals surface area contributed by atoms with Gasteiger partial charge in [-0.25, -0.2) is 0 Å². The molecule has 0 aromatic carbocycles. The second kappa shape index (κ2) is 27.5. The molecule has 422 valence electrons. The summed E-state index contributed by atoms with van der Waals surface area (Å²) >= 11 is -6.84. The van der Waals surface area contributed by atoms with E-state index < -0.39 is 121 Å². The Labute approximate surface area is 450 Å². The van der Waals surface area contributed by atoms with E-state index in [0.717, 1.165) is 0 Å². The molecule has 6 aromatic heterocycles. The molecule has 0 amide bonds. The standard InChI is InChI=1S/C15H21N5O6Se.C15H20N4O6Se.C14H21N5O4Se/c16-8-1-3-18-14-11(8)19-6-20(14)15-13(23)12(22)9(26-15)5-27(24)4-2-10(17)25-7-21;16-9-2-3-17-14-11(9)18-7-19(14)15-13(22)12(21)10(25-15)6-26(23)5-1-4-24-8-20;15-3-1-5-24(22)6-9-11(20)12(21)14(23-9)19-7-18-10-8(16)2-4-17-13(10)19/h1,3,6-7,9-10,12-13,15,22-23H,2,4-5,17H2,(H2,16,18);2-3,7-8,10,12-13,15,21-22H,1,4-6H2,(H2,16,17);2,4,7,9,11-12,14,20-21H,1,3,5-6,15H2,(H2,16,17)/t9-,10-,12?,13+,15-,27?;10-,12?,13+,15-,26?;9-,11?,12+,14-,24?/m111/s1. The molecule has 0 radical (unpaired) electrons. The maximum atomic E-state index is 12.3. The van der Waals surface area contributed by atoms with Crippen molar-refractivity contribution in [2.45, 2.75) is 131 Å². The van der Waals surface area contributed by atoms with E-state index in [1.54, 1.807) is 22.8 Å². The third-order valence-corrected chi connectivity index (χ3v) is 21.5. The topological polar surface area (TPSA) is 475 Å². The van der Waals surface area contributed by atoms with Gasteiger partial charge in [0, 0.05) is 0 Å². The Kier molecular flexibility index (Phi) is 21.2. The van der Waals surface area contributed by atoms with Gasteiger partial charge in [0.2, 0.25) is 0 Å². The molecule has 6 unspecified atom stereocenters. The van der Waals surface area contributed by atoms with Gasteiger partial charge in [0.05, 0.1) is 0 Å². The van der Waals surface area contributed by atoms with Gasteiger partial charge in [0.1, 0.15) is 0 Å². The number of pyridine rings is 3. The monoisotopic (exact) mass is 1280 g/mol. The van der Waals surface area contributed by atoms with Crippen LogP contribution in [0.15, 0.2) is 55.8 Å². The predicted octanol–water partition coefficient (Wildman–Crippen LogP) is -2.08. The Morgan fingerprint density at radius 1 is 0.558 bits per heavy atom. The van der Waals surface area contributed by atoms with Crippen molar-refractivity contribution in [3.05, 3.63) is 55.8 Å². The van der Waals surface area contributed by atoms with Crippen molar-refractivity contribution in [2.24, 2.45) is 11.5 Å². The number of carbonyl (C=O) groups is 2. The number of aliphatic hydroxyl groups is 6. The molecule has 3 aliphatic heterocycles. The first kappa shape index (κ1) is 59.4. The van der Waals surface area contributed by atoms with Crippen LogP contribution in [0.2, 0.25) is 31.9 Å². The summed E-state index contributed by atoms with van der Waals surface area (Å²) < 4.78 is 67.5. The Morgan fingerprint density at radius 2 is 0.922 bits per heavy atom. The average Bonchev–Trinajstić information content (AvgIpc) is 4.31. The van der Waals surface area contributed by atoms with Crippen molar-refractivity contribution in [3.63, 3.8) is 0 Å². The quantitative estimate of drug-likeness (QED) is 0.0150. The minimum atomic E-state index is -2.40. The number of fused-ring (bicyclic) bond motifs is 3. The number of hydrogen-bond donors (Lipinski definition) is 11. The summed E-state index contributed by atoms with van der Waals surface area (Å²) in [5, 5.41) is 63.5. The predicted molar refractivity (Wildman–Crippen MR) is 272 cm³/mol. The molecule has 16 atom stereocenters. The van der Waals surface area contributed by atoms with Crippen LogP contribution in [0.25, 0.3) is 33.5 Å². The number of nitrogens with two attached hydrogens (primary N) is 5. The van der Waals surface area contributed by atoms with Crippen LogP contribution in [-0.2, 0) is 44.8 Å². The van der Waals surface area contributed by atoms with Crippen LogP contribution in [0.1, 0.15) is 37.9 Å². The Morgan fingerprint density at radius 3 is 1.27 bits per heavy atom. The van der Waals surface area contributed by atoms with Gasteiger partial charge >= 0.3 is 453 Å². The molecule has 9 rings (SSSR count). The van der Waals surface area contributed by atoms with Gasteiger partial charge in [-0.1, -0.05) is 0 Å². The van der Waals surface area contributed by atoms with E-state index in [-0.39, 0.29) is 40.8 Å². The summed E-state index contributed by atoms with van der Waals surface area (Å²) in [5.74, 6) is 0. The third-order valence-electron chi connectivity index (χ3n) is 12.5. The van der Waals surface area contributed by atoms with Crippen molar-refractivity contribution in [2.75, 3.05) is 30.4 Å². The number of carbonyl (C=O) groups excluding carboxylic acids is 2. The molecule has 0 saturated carbocycles. The van der Waals surface area contributed by atoms with E-state index in [1.165, 1.54) is 46.7 Å². The molecule has 3 saturated heterocycles. The number of aliphatic hydroxyl groups excluding tert-OH is 6. The zero-order valence-electron chi connectivity index (χ0n) is 41.0. The first-order valence-electron chi connectivity index (χ1n) is 23.9. The maximum absolute atomic E-state index is 12.3. The van der Waals surface area contributed by atoms with E-state index in [2.05, 4.69) is 39.4 Å². The molecular formula is C44H62N14O16Se3. The molecule has 16 N–H and O–H groups in total. The van der Waals surface area contributed by atoms with E-state index >= 15 is 0 Å². The van der Waals surface area contributed by atoms with Crippen molar-refractivity contribution < 1.29 is 75.4 Å². The van der Waals surface area contributed by atoms with Gasteiger partial charge in [-0.3, -0.25) is 0 Å². The summed E-state index contributed by atoms with van der Waals surface area (Å²) in [6.45, 7) is 1.28. The molecule has 3 aliphatic rings. The number of imidazole rings is 3. The van der Waals surface area contributed by atoms with Crippen LogP contribution in [0.3, 0.4) is 0 Å². The summed E-state index contributed by atoms with van der Waals surface area (Å²) in [4.78, 5) is 45.4. The van der Waals surface area contributed by atoms with Crippen molar-refractivity contribution in [3.8, 4) is 0 Å². The molecule has 0 spiro atoms. The third kappa shape index (κ3) is 14.1. The SMILES string of the molecule is NCCC[Se](=O)C[C@H]1O[C@@H](n2cnc3c(N)ccnc32)[C@@H](O)C1O.Nc1ccnc2c1ncn2[C@@H]1O[C@H](C[Se](=O)CCCOC=O)C(O)[C@@H]1O.Nc1ccnc2c1ncn2[C@@H]1O[C@H](C[Se](=O)CC[C@H](N)OC=O)C(O)[C@@H]1O. The fraction of sp³-hybridized carbons (Fsp3) is 0.545. The van der Waals surface area contributed by atoms with Gasteiger partial charge in [-0.05, 0) is 0 Å². The van der Waals surface area contributed by atoms with Crippen LogP contribution < -0.4 is 28.7 Å². The normalized spacial score (nSPS) is 27.6. The van der Waals surface area contributed by atoms with Crippen LogP contribution in [0.5, 0.6) is 0 Å². The van der Waals surface area contributed by atoms with E-state index in [0.29, 0.717) is 87.1 Å². The van der Waals surface area contributed by atoms with Gasteiger partial charge in [-0.15, -0.1) is 0 Å². The van der Waals surface area contributed by atoms with Crippen LogP contribution in [0, 0.1) is 0 Å². The van der Waals surface area contributed by atoms with Crippen molar-refractivity contribution in [1.82, 2.24) is 43.6 Å². The first-order valence-corrected chi connectivity index (χ1v) is 33.2. The van der Waals surface area contributed by atoms with Crippen LogP contribution in [-0.4, -0.2) is 203 Å². The molecule has 33 heteroatoms. The van der Waals surface area contributed by atoms with Gasteiger partial charge in [0.15, 0.2) is 0 Å². The summed E-state index contributed by atoms with van der Waals surface area (Å²) in [5.41, 5.74) is 32.6. The number of rotatable bonds is 22. The van der Waals surface area contributed by atoms with E-state index in [1.807, 2.05) is 0 Å².